The third kappa shape index (κ3) is 3.71. The number of hydrogen-bond acceptors (Lipinski definition) is 3. The van der Waals surface area contributed by atoms with Crippen molar-refractivity contribution in [1.29, 1.82) is 0 Å². The van der Waals surface area contributed by atoms with Crippen molar-refractivity contribution in [2.75, 3.05) is 0 Å². The molecule has 4 aromatic rings. The van der Waals surface area contributed by atoms with Gasteiger partial charge in [0.25, 0.3) is 0 Å². The Kier molecular flexibility index (Phi) is 5.26. The van der Waals surface area contributed by atoms with E-state index in [-0.39, 0.29) is 18.2 Å². The maximum atomic E-state index is 6.69. The molecule has 2 heterocycles. The van der Waals surface area contributed by atoms with Crippen LogP contribution in [0, 0.1) is 0 Å². The molecule has 0 unspecified atom stereocenters. The van der Waals surface area contributed by atoms with Gasteiger partial charge in [-0.05, 0) is 39.3 Å². The Labute approximate surface area is 207 Å². The number of nitrogens with zero attached hydrogens (tertiary/aromatic N) is 2. The fraction of sp³-hybridized carbons (Fsp3) is 0.194. The highest BCUT2D eigenvalue weighted by molar-refractivity contribution is 7.70. The highest BCUT2D eigenvalue weighted by Gasteiger charge is 2.45. The van der Waals surface area contributed by atoms with E-state index in [1.165, 1.54) is 32.9 Å². The van der Waals surface area contributed by atoms with Gasteiger partial charge >= 0.3 is 0 Å². The summed E-state index contributed by atoms with van der Waals surface area (Å²) in [5, 5.41) is 2.73. The van der Waals surface area contributed by atoms with E-state index in [4.69, 9.17) is 9.73 Å². The number of hydrogen-bond donors (Lipinski definition) is 0. The van der Waals surface area contributed by atoms with Crippen LogP contribution >= 0.6 is 8.07 Å². The second-order valence-corrected chi connectivity index (χ2v) is 11.7. The molecular formula is C31H27N2OP. The minimum absolute atomic E-state index is 0.120. The fourth-order valence-corrected chi connectivity index (χ4v) is 8.35. The van der Waals surface area contributed by atoms with Gasteiger partial charge in [0.15, 0.2) is 0 Å². The highest BCUT2D eigenvalue weighted by atomic mass is 31.1. The van der Waals surface area contributed by atoms with Crippen molar-refractivity contribution < 1.29 is 4.74 Å². The molecule has 35 heavy (non-hydrogen) atoms. The number of benzene rings is 4. The monoisotopic (exact) mass is 474 g/mol. The molecule has 0 bridgehead atoms. The molecule has 0 saturated heterocycles. The van der Waals surface area contributed by atoms with Crippen LogP contribution in [0.4, 0.5) is 0 Å². The Morgan fingerprint density at radius 2 is 1.26 bits per heavy atom. The van der Waals surface area contributed by atoms with Crippen molar-refractivity contribution in [2.24, 2.45) is 4.99 Å². The molecule has 7 rings (SSSR count). The summed E-state index contributed by atoms with van der Waals surface area (Å²) in [6.07, 6.45) is 2.00. The van der Waals surface area contributed by atoms with Crippen LogP contribution < -0.4 is 10.6 Å². The fourth-order valence-electron chi connectivity index (χ4n) is 5.80. The molecule has 0 radical (unpaired) electrons. The normalized spacial score (nSPS) is 22.8. The van der Waals surface area contributed by atoms with Crippen LogP contribution in [-0.2, 0) is 24.1 Å². The average molecular weight is 475 g/mol. The number of ether oxygens (including phenoxy) is 1. The van der Waals surface area contributed by atoms with Crippen LogP contribution in [0.1, 0.15) is 28.3 Å². The van der Waals surface area contributed by atoms with Crippen molar-refractivity contribution in [3.05, 3.63) is 131 Å². The zero-order valence-corrected chi connectivity index (χ0v) is 20.4. The van der Waals surface area contributed by atoms with Gasteiger partial charge in [-0.2, -0.15) is 0 Å². The molecular weight excluding hydrogens is 447 g/mol. The van der Waals surface area contributed by atoms with Crippen molar-refractivity contribution >= 4 is 24.6 Å². The van der Waals surface area contributed by atoms with E-state index >= 15 is 0 Å². The van der Waals surface area contributed by atoms with Crippen LogP contribution in [0.5, 0.6) is 0 Å². The smallest absolute Gasteiger partial charge is 0.202 e. The highest BCUT2D eigenvalue weighted by Crippen LogP contribution is 2.47. The second-order valence-electron chi connectivity index (χ2n) is 9.54. The molecule has 4 heteroatoms. The molecule has 0 N–H and O–H groups in total. The van der Waals surface area contributed by atoms with Gasteiger partial charge in [-0.25, -0.2) is 4.99 Å². The van der Waals surface area contributed by atoms with E-state index in [9.17, 15) is 0 Å². The van der Waals surface area contributed by atoms with Crippen LogP contribution in [0.2, 0.25) is 0 Å². The second kappa shape index (κ2) is 8.75. The Balaban J connectivity index is 1.33. The van der Waals surface area contributed by atoms with Gasteiger partial charge in [0.1, 0.15) is 12.1 Å². The number of rotatable bonds is 4. The Morgan fingerprint density at radius 3 is 1.97 bits per heavy atom. The molecule has 4 aromatic carbocycles. The first-order valence-electron chi connectivity index (χ1n) is 12.4. The maximum absolute atomic E-state index is 6.69. The summed E-state index contributed by atoms with van der Waals surface area (Å²) in [7, 11) is -0.744. The quantitative estimate of drug-likeness (QED) is 0.362. The van der Waals surface area contributed by atoms with Crippen molar-refractivity contribution in [1.82, 2.24) is 4.67 Å². The Hall–Kier alpha value is -3.26. The summed E-state index contributed by atoms with van der Waals surface area (Å²) in [6.45, 7) is 0.893. The minimum Gasteiger partial charge on any atom is -0.473 e. The van der Waals surface area contributed by atoms with Gasteiger partial charge in [-0.1, -0.05) is 109 Å². The summed E-state index contributed by atoms with van der Waals surface area (Å²) < 4.78 is 9.37. The number of aliphatic imine (C=N–C) groups is 1. The third-order valence-corrected chi connectivity index (χ3v) is 9.96. The molecule has 3 aliphatic rings. The van der Waals surface area contributed by atoms with E-state index in [0.717, 1.165) is 25.3 Å². The van der Waals surface area contributed by atoms with Gasteiger partial charge < -0.3 is 4.74 Å². The first-order chi connectivity index (χ1) is 17.3. The van der Waals surface area contributed by atoms with Gasteiger partial charge in [0, 0.05) is 21.0 Å². The summed E-state index contributed by atoms with van der Waals surface area (Å²) in [4.78, 5) is 5.27. The summed E-state index contributed by atoms with van der Waals surface area (Å²) in [6, 6.07) is 39.8. The summed E-state index contributed by atoms with van der Waals surface area (Å²) in [5.74, 6) is 0.920. The largest absolute Gasteiger partial charge is 0.473 e. The first-order valence-corrected chi connectivity index (χ1v) is 13.7. The number of fused-ring (bicyclic) bond motifs is 4. The van der Waals surface area contributed by atoms with Crippen LogP contribution in [0.15, 0.2) is 114 Å². The van der Waals surface area contributed by atoms with Crippen molar-refractivity contribution in [2.45, 2.75) is 37.6 Å². The predicted molar refractivity (Wildman–Crippen MR) is 144 cm³/mol. The van der Waals surface area contributed by atoms with E-state index in [1.807, 2.05) is 0 Å². The van der Waals surface area contributed by atoms with E-state index in [0.29, 0.717) is 0 Å². The predicted octanol–water partition coefficient (Wildman–Crippen LogP) is 5.56. The molecule has 0 fully saturated rings. The van der Waals surface area contributed by atoms with Crippen LogP contribution in [0.25, 0.3) is 0 Å². The lowest BCUT2D eigenvalue weighted by Crippen LogP contribution is -2.46. The van der Waals surface area contributed by atoms with Crippen LogP contribution in [-0.4, -0.2) is 22.7 Å². The zero-order valence-electron chi connectivity index (χ0n) is 19.5. The zero-order chi connectivity index (χ0) is 23.2. The lowest BCUT2D eigenvalue weighted by Gasteiger charge is -2.41. The van der Waals surface area contributed by atoms with Crippen LogP contribution in [0.3, 0.4) is 0 Å². The molecule has 172 valence electrons. The molecule has 2 aliphatic heterocycles. The van der Waals surface area contributed by atoms with Crippen molar-refractivity contribution in [3.63, 3.8) is 0 Å². The third-order valence-electron chi connectivity index (χ3n) is 7.45. The molecule has 3 atom stereocenters. The Bertz CT molecular complexity index is 1350. The molecule has 0 amide bonds. The molecule has 3 nitrogen and oxygen atoms in total. The van der Waals surface area contributed by atoms with Gasteiger partial charge in [-0.3, -0.25) is 4.67 Å². The molecule has 1 aliphatic carbocycles. The van der Waals surface area contributed by atoms with Gasteiger partial charge in [0.2, 0.25) is 5.90 Å². The van der Waals surface area contributed by atoms with Gasteiger partial charge in [0.05, 0.1) is 6.04 Å². The van der Waals surface area contributed by atoms with E-state index in [1.54, 1.807) is 0 Å². The molecule has 0 aromatic heterocycles. The van der Waals surface area contributed by atoms with Gasteiger partial charge in [-0.15, -0.1) is 0 Å². The average Bonchev–Trinajstić information content (AvgIpc) is 3.48. The molecule has 0 saturated carbocycles. The lowest BCUT2D eigenvalue weighted by atomic mass is 9.96. The Morgan fingerprint density at radius 1 is 0.657 bits per heavy atom. The summed E-state index contributed by atoms with van der Waals surface area (Å²) >= 11 is 0. The SMILES string of the molecule is c1ccc(P(c2ccccc2)N2Cc3ccccc3C[C@@H]2C2=N[C@@H]3c4ccccc4C[C@@H]3O2)cc1. The van der Waals surface area contributed by atoms with E-state index < -0.39 is 8.07 Å². The van der Waals surface area contributed by atoms with Crippen molar-refractivity contribution in [3.8, 4) is 0 Å². The van der Waals surface area contributed by atoms with E-state index in [2.05, 4.69) is 114 Å². The standard InChI is InChI=1S/C31H27N2OP/c1-3-14-25(15-4-1)35(26-16-5-2-6-17-26)33-21-24-13-8-7-11-22(24)19-28(33)31-32-30-27-18-10-9-12-23(27)20-29(30)34-31/h1-18,28-30H,19-21H2/t28-,29+,30-/m1/s1. The lowest BCUT2D eigenvalue weighted by molar-refractivity contribution is 0.186. The maximum Gasteiger partial charge on any atom is 0.202 e. The summed E-state index contributed by atoms with van der Waals surface area (Å²) in [5.41, 5.74) is 5.54. The minimum atomic E-state index is -0.744. The molecule has 0 spiro atoms. The topological polar surface area (TPSA) is 24.8 Å². The first kappa shape index (κ1) is 21.1.